The Bertz CT molecular complexity index is 112. The quantitative estimate of drug-likeness (QED) is 0.348. The van der Waals surface area contributed by atoms with Crippen molar-refractivity contribution in [3.63, 3.8) is 0 Å². The minimum atomic E-state index is 0. The van der Waals surface area contributed by atoms with E-state index < -0.39 is 0 Å². The molecule has 2 heteroatoms. The van der Waals surface area contributed by atoms with Crippen molar-refractivity contribution in [2.75, 3.05) is 0 Å². The molecular formula is C9H15ClMg. The predicted octanol–water partition coefficient (Wildman–Crippen LogP) is -0.586. The summed E-state index contributed by atoms with van der Waals surface area (Å²) in [7, 11) is 0. The molecule has 2 bridgehead atoms. The van der Waals surface area contributed by atoms with Crippen molar-refractivity contribution in [1.82, 2.24) is 0 Å². The molecule has 0 aromatic heterocycles. The molecule has 0 nitrogen and oxygen atoms in total. The summed E-state index contributed by atoms with van der Waals surface area (Å²) < 4.78 is 0. The Labute approximate surface area is 92.1 Å². The summed E-state index contributed by atoms with van der Waals surface area (Å²) in [6, 6.07) is 0. The van der Waals surface area contributed by atoms with Gasteiger partial charge in [-0.15, -0.1) is 0 Å². The van der Waals surface area contributed by atoms with E-state index >= 15 is 0 Å². The molecule has 0 saturated heterocycles. The Morgan fingerprint density at radius 3 is 1.73 bits per heavy atom. The van der Waals surface area contributed by atoms with E-state index in [-0.39, 0.29) is 35.5 Å². The summed E-state index contributed by atoms with van der Waals surface area (Å²) in [5, 5.41) is 0. The first-order chi connectivity index (χ1) is 4.21. The SMILES string of the molecule is CC1(C)[C-]2CCC1CC2.[Cl-].[Mg+2]. The molecular weight excluding hydrogens is 168 g/mol. The molecule has 2 fully saturated rings. The Hall–Kier alpha value is 1.06. The summed E-state index contributed by atoms with van der Waals surface area (Å²) in [6.45, 7) is 4.85. The van der Waals surface area contributed by atoms with Gasteiger partial charge in [-0.3, -0.25) is 0 Å². The number of halogens is 1. The molecule has 0 aliphatic heterocycles. The Morgan fingerprint density at radius 1 is 1.18 bits per heavy atom. The van der Waals surface area contributed by atoms with Crippen LogP contribution in [-0.4, -0.2) is 23.1 Å². The molecule has 60 valence electrons. The van der Waals surface area contributed by atoms with Gasteiger partial charge in [-0.25, -0.2) is 0 Å². The number of fused-ring (bicyclic) bond motifs is 2. The van der Waals surface area contributed by atoms with Crippen molar-refractivity contribution >= 4 is 23.1 Å². The van der Waals surface area contributed by atoms with E-state index in [4.69, 9.17) is 0 Å². The van der Waals surface area contributed by atoms with Crippen molar-refractivity contribution in [2.45, 2.75) is 39.5 Å². The topological polar surface area (TPSA) is 0 Å². The van der Waals surface area contributed by atoms with Gasteiger partial charge in [0.25, 0.3) is 0 Å². The van der Waals surface area contributed by atoms with E-state index in [1.54, 1.807) is 0 Å². The maximum Gasteiger partial charge on any atom is 2.00 e. The van der Waals surface area contributed by atoms with Gasteiger partial charge in [-0.05, 0) is 0 Å². The zero-order valence-corrected chi connectivity index (χ0v) is 9.66. The molecule has 2 aliphatic carbocycles. The summed E-state index contributed by atoms with van der Waals surface area (Å²) >= 11 is 0. The molecule has 11 heavy (non-hydrogen) atoms. The molecule has 0 spiro atoms. The van der Waals surface area contributed by atoms with Gasteiger partial charge in [-0.2, -0.15) is 18.3 Å². The zero-order chi connectivity index (χ0) is 6.48. The van der Waals surface area contributed by atoms with Gasteiger partial charge in [0.1, 0.15) is 0 Å². The van der Waals surface area contributed by atoms with E-state index in [0.717, 1.165) is 5.92 Å². The van der Waals surface area contributed by atoms with E-state index in [1.807, 2.05) is 5.92 Å². The average Bonchev–Trinajstić information content (AvgIpc) is 2.24. The molecule has 0 aromatic carbocycles. The molecule has 2 rings (SSSR count). The van der Waals surface area contributed by atoms with Crippen LogP contribution in [0.4, 0.5) is 0 Å². The van der Waals surface area contributed by atoms with Crippen LogP contribution in [-0.2, 0) is 0 Å². The van der Waals surface area contributed by atoms with E-state index in [9.17, 15) is 0 Å². The van der Waals surface area contributed by atoms with Crippen LogP contribution >= 0.6 is 0 Å². The van der Waals surface area contributed by atoms with E-state index in [2.05, 4.69) is 13.8 Å². The van der Waals surface area contributed by atoms with Gasteiger partial charge >= 0.3 is 23.1 Å². The fourth-order valence-electron chi connectivity index (χ4n) is 2.62. The van der Waals surface area contributed by atoms with Gasteiger partial charge < -0.3 is 18.3 Å². The van der Waals surface area contributed by atoms with Gasteiger partial charge in [-0.1, -0.05) is 32.6 Å². The number of hydrogen-bond donors (Lipinski definition) is 0. The molecule has 2 saturated carbocycles. The van der Waals surface area contributed by atoms with Gasteiger partial charge in [0.05, 0.1) is 0 Å². The van der Waals surface area contributed by atoms with Crippen LogP contribution in [0.2, 0.25) is 0 Å². The molecule has 0 aromatic rings. The van der Waals surface area contributed by atoms with Crippen LogP contribution < -0.4 is 12.4 Å². The maximum absolute atomic E-state index is 2.42. The minimum absolute atomic E-state index is 0. The second kappa shape index (κ2) is 3.84. The van der Waals surface area contributed by atoms with Crippen molar-refractivity contribution in [1.29, 1.82) is 0 Å². The van der Waals surface area contributed by atoms with Gasteiger partial charge in [0.2, 0.25) is 0 Å². The normalized spacial score (nSPS) is 27.8. The summed E-state index contributed by atoms with van der Waals surface area (Å²) in [5.74, 6) is 2.90. The minimum Gasteiger partial charge on any atom is -1.00 e. The van der Waals surface area contributed by atoms with Gasteiger partial charge in [0, 0.05) is 0 Å². The summed E-state index contributed by atoms with van der Waals surface area (Å²) in [4.78, 5) is 0. The standard InChI is InChI=1S/C9H15.ClH.Mg/c1-9(2)7-3-4-8(9)6-5-7;;/h7H,3-6H2,1-2H3;1H;/q-1;;+2/p-1. The van der Waals surface area contributed by atoms with Crippen molar-refractivity contribution in [2.24, 2.45) is 11.3 Å². The Kier molecular flexibility index (Phi) is 4.21. The average molecular weight is 183 g/mol. The van der Waals surface area contributed by atoms with Crippen molar-refractivity contribution in [3.8, 4) is 0 Å². The molecule has 2 aliphatic rings. The van der Waals surface area contributed by atoms with E-state index in [0.29, 0.717) is 5.41 Å². The maximum atomic E-state index is 2.42. The smallest absolute Gasteiger partial charge is 1.00 e. The molecule has 0 unspecified atom stereocenters. The van der Waals surface area contributed by atoms with Crippen molar-refractivity contribution < 1.29 is 12.4 Å². The predicted molar refractivity (Wildman–Crippen MR) is 44.7 cm³/mol. The largest absolute Gasteiger partial charge is 2.00 e. The monoisotopic (exact) mass is 182 g/mol. The summed E-state index contributed by atoms with van der Waals surface area (Å²) in [5.41, 5.74) is 0.639. The summed E-state index contributed by atoms with van der Waals surface area (Å²) in [6.07, 6.45) is 5.86. The number of rotatable bonds is 0. The molecule has 0 atom stereocenters. The van der Waals surface area contributed by atoms with Gasteiger partial charge in [0.15, 0.2) is 0 Å². The van der Waals surface area contributed by atoms with E-state index in [1.165, 1.54) is 25.7 Å². The molecule has 0 N–H and O–H groups in total. The van der Waals surface area contributed by atoms with Crippen molar-refractivity contribution in [3.05, 3.63) is 5.92 Å². The molecule has 0 heterocycles. The fourth-order valence-corrected chi connectivity index (χ4v) is 2.62. The first-order valence-corrected chi connectivity index (χ1v) is 4.06. The zero-order valence-electron chi connectivity index (χ0n) is 7.49. The third-order valence-electron chi connectivity index (χ3n) is 3.52. The number of hydrogen-bond acceptors (Lipinski definition) is 0. The molecule has 0 radical (unpaired) electrons. The van der Waals surface area contributed by atoms with Crippen LogP contribution in [0.25, 0.3) is 0 Å². The second-order valence-electron chi connectivity index (χ2n) is 4.10. The second-order valence-corrected chi connectivity index (χ2v) is 4.10. The van der Waals surface area contributed by atoms with Crippen LogP contribution in [0.3, 0.4) is 0 Å². The molecule has 0 amide bonds. The Balaban J connectivity index is 0.000000500. The van der Waals surface area contributed by atoms with Crippen LogP contribution in [0.5, 0.6) is 0 Å². The fraction of sp³-hybridized carbons (Fsp3) is 0.889. The third kappa shape index (κ3) is 1.71. The first kappa shape index (κ1) is 12.1. The van der Waals surface area contributed by atoms with Crippen LogP contribution in [0.15, 0.2) is 0 Å². The first-order valence-electron chi connectivity index (χ1n) is 4.06. The third-order valence-corrected chi connectivity index (χ3v) is 3.52. The van der Waals surface area contributed by atoms with Crippen LogP contribution in [0.1, 0.15) is 39.5 Å². The Morgan fingerprint density at radius 2 is 1.64 bits per heavy atom. The van der Waals surface area contributed by atoms with Crippen LogP contribution in [0, 0.1) is 17.3 Å².